The fraction of sp³-hybridized carbons (Fsp3) is 0.625. The maximum atomic E-state index is 9.84. The lowest BCUT2D eigenvalue weighted by Crippen LogP contribution is -2.38. The fourth-order valence-corrected chi connectivity index (χ4v) is 3.53. The van der Waals surface area contributed by atoms with Crippen LogP contribution in [0.4, 0.5) is 0 Å². The van der Waals surface area contributed by atoms with Crippen molar-refractivity contribution in [1.29, 1.82) is 0 Å². The molecule has 1 aliphatic heterocycles. The fourth-order valence-electron chi connectivity index (χ4n) is 3.53. The second kappa shape index (κ2) is 6.04. The number of aliphatic hydroxyl groups excluding tert-OH is 1. The average Bonchev–Trinajstić information content (AvgIpc) is 3.06. The van der Waals surface area contributed by atoms with Gasteiger partial charge in [-0.05, 0) is 24.3 Å². The van der Waals surface area contributed by atoms with Crippen molar-refractivity contribution in [2.45, 2.75) is 37.3 Å². The smallest absolute Gasteiger partial charge is 0.0716 e. The van der Waals surface area contributed by atoms with E-state index in [0.717, 1.165) is 19.6 Å². The Morgan fingerprint density at radius 2 is 2.00 bits per heavy atom. The van der Waals surface area contributed by atoms with Crippen molar-refractivity contribution in [3.05, 3.63) is 35.9 Å². The van der Waals surface area contributed by atoms with Crippen LogP contribution in [0.15, 0.2) is 30.3 Å². The average molecular weight is 260 g/mol. The molecule has 2 fully saturated rings. The summed E-state index contributed by atoms with van der Waals surface area (Å²) in [7, 11) is 0. The molecule has 104 valence electrons. The molecule has 1 saturated carbocycles. The summed E-state index contributed by atoms with van der Waals surface area (Å²) in [5.74, 6) is 1.02. The Hall–Kier alpha value is -0.900. The third-order valence-corrected chi connectivity index (χ3v) is 4.69. The quantitative estimate of drug-likeness (QED) is 0.768. The van der Waals surface area contributed by atoms with Gasteiger partial charge in [-0.15, -0.1) is 0 Å². The van der Waals surface area contributed by atoms with Crippen LogP contribution in [0, 0.1) is 5.92 Å². The standard InChI is InChI=1S/C16H24N2O/c19-16-11-17-9-13(16)10-18-15-8-4-7-14(15)12-5-2-1-3-6-12/h1-3,5-6,13-19H,4,7-11H2. The molecule has 3 N–H and O–H groups in total. The molecule has 1 aromatic carbocycles. The van der Waals surface area contributed by atoms with Gasteiger partial charge in [0.1, 0.15) is 0 Å². The highest BCUT2D eigenvalue weighted by molar-refractivity contribution is 5.22. The first-order valence-corrected chi connectivity index (χ1v) is 7.51. The molecular formula is C16H24N2O. The Morgan fingerprint density at radius 1 is 1.16 bits per heavy atom. The van der Waals surface area contributed by atoms with Crippen molar-refractivity contribution in [3.8, 4) is 0 Å². The van der Waals surface area contributed by atoms with Gasteiger partial charge in [-0.25, -0.2) is 0 Å². The number of rotatable bonds is 4. The van der Waals surface area contributed by atoms with E-state index in [1.54, 1.807) is 0 Å². The van der Waals surface area contributed by atoms with Crippen molar-refractivity contribution in [2.75, 3.05) is 19.6 Å². The number of β-amino-alcohol motifs (C(OH)–C–C–N with tert-alkyl or cyclic N) is 1. The molecule has 0 spiro atoms. The molecule has 3 rings (SSSR count). The van der Waals surface area contributed by atoms with E-state index in [2.05, 4.69) is 41.0 Å². The summed E-state index contributed by atoms with van der Waals surface area (Å²) in [6.45, 7) is 2.62. The van der Waals surface area contributed by atoms with Crippen molar-refractivity contribution < 1.29 is 5.11 Å². The van der Waals surface area contributed by atoms with Crippen molar-refractivity contribution in [3.63, 3.8) is 0 Å². The van der Waals surface area contributed by atoms with Crippen LogP contribution in [0.25, 0.3) is 0 Å². The molecule has 1 aliphatic carbocycles. The normalized spacial score (nSPS) is 34.8. The Bertz CT molecular complexity index is 395. The lowest BCUT2D eigenvalue weighted by atomic mass is 9.93. The number of benzene rings is 1. The Morgan fingerprint density at radius 3 is 2.74 bits per heavy atom. The summed E-state index contributed by atoms with van der Waals surface area (Å²) in [6.07, 6.45) is 3.68. The highest BCUT2D eigenvalue weighted by atomic mass is 16.3. The topological polar surface area (TPSA) is 44.3 Å². The first kappa shape index (κ1) is 13.1. The Kier molecular flexibility index (Phi) is 4.16. The Balaban J connectivity index is 1.58. The zero-order valence-electron chi connectivity index (χ0n) is 11.4. The second-order valence-corrected chi connectivity index (χ2v) is 5.95. The molecule has 2 aliphatic rings. The molecule has 1 heterocycles. The summed E-state index contributed by atoms with van der Waals surface area (Å²) in [5, 5.41) is 16.8. The van der Waals surface area contributed by atoms with E-state index in [-0.39, 0.29) is 6.10 Å². The van der Waals surface area contributed by atoms with Crippen LogP contribution in [0.2, 0.25) is 0 Å². The summed E-state index contributed by atoms with van der Waals surface area (Å²) in [6, 6.07) is 11.4. The predicted octanol–water partition coefficient (Wildman–Crippen LogP) is 1.49. The third-order valence-electron chi connectivity index (χ3n) is 4.69. The van der Waals surface area contributed by atoms with Crippen LogP contribution < -0.4 is 10.6 Å². The first-order valence-electron chi connectivity index (χ1n) is 7.51. The van der Waals surface area contributed by atoms with Crippen LogP contribution in [-0.2, 0) is 0 Å². The van der Waals surface area contributed by atoms with E-state index in [1.165, 1.54) is 24.8 Å². The number of hydrogen-bond donors (Lipinski definition) is 3. The maximum absolute atomic E-state index is 9.84. The monoisotopic (exact) mass is 260 g/mol. The molecule has 19 heavy (non-hydrogen) atoms. The van der Waals surface area contributed by atoms with Crippen LogP contribution in [0.3, 0.4) is 0 Å². The van der Waals surface area contributed by atoms with Gasteiger partial charge < -0.3 is 15.7 Å². The molecule has 4 unspecified atom stereocenters. The van der Waals surface area contributed by atoms with Gasteiger partial charge in [0.05, 0.1) is 6.10 Å². The highest BCUT2D eigenvalue weighted by Gasteiger charge is 2.30. The molecule has 4 atom stereocenters. The molecule has 0 radical (unpaired) electrons. The summed E-state index contributed by atoms with van der Waals surface area (Å²) < 4.78 is 0. The van der Waals surface area contributed by atoms with Gasteiger partial charge in [-0.3, -0.25) is 0 Å². The zero-order valence-corrected chi connectivity index (χ0v) is 11.4. The predicted molar refractivity (Wildman–Crippen MR) is 77.2 cm³/mol. The summed E-state index contributed by atoms with van der Waals surface area (Å²) in [5.41, 5.74) is 1.46. The highest BCUT2D eigenvalue weighted by Crippen LogP contribution is 2.34. The Labute approximate surface area is 115 Å². The van der Waals surface area contributed by atoms with Crippen LogP contribution >= 0.6 is 0 Å². The van der Waals surface area contributed by atoms with Gasteiger partial charge in [-0.1, -0.05) is 36.8 Å². The van der Waals surface area contributed by atoms with Gasteiger partial charge in [0.15, 0.2) is 0 Å². The van der Waals surface area contributed by atoms with Gasteiger partial charge in [0.2, 0.25) is 0 Å². The minimum absolute atomic E-state index is 0.177. The summed E-state index contributed by atoms with van der Waals surface area (Å²) >= 11 is 0. The lowest BCUT2D eigenvalue weighted by molar-refractivity contribution is 0.144. The van der Waals surface area contributed by atoms with E-state index >= 15 is 0 Å². The third kappa shape index (κ3) is 2.99. The van der Waals surface area contributed by atoms with Gasteiger partial charge >= 0.3 is 0 Å². The molecule has 3 nitrogen and oxygen atoms in total. The first-order chi connectivity index (χ1) is 9.34. The van der Waals surface area contributed by atoms with Gasteiger partial charge in [-0.2, -0.15) is 0 Å². The number of aliphatic hydroxyl groups is 1. The second-order valence-electron chi connectivity index (χ2n) is 5.95. The van der Waals surface area contributed by atoms with Crippen molar-refractivity contribution in [1.82, 2.24) is 10.6 Å². The maximum Gasteiger partial charge on any atom is 0.0716 e. The van der Waals surface area contributed by atoms with E-state index in [9.17, 15) is 5.11 Å². The van der Waals surface area contributed by atoms with E-state index in [4.69, 9.17) is 0 Å². The minimum Gasteiger partial charge on any atom is -0.391 e. The lowest BCUT2D eigenvalue weighted by Gasteiger charge is -2.24. The zero-order chi connectivity index (χ0) is 13.1. The number of hydrogen-bond acceptors (Lipinski definition) is 3. The van der Waals surface area contributed by atoms with E-state index in [0.29, 0.717) is 17.9 Å². The molecule has 0 bridgehead atoms. The van der Waals surface area contributed by atoms with Gasteiger partial charge in [0.25, 0.3) is 0 Å². The van der Waals surface area contributed by atoms with E-state index < -0.39 is 0 Å². The molecular weight excluding hydrogens is 236 g/mol. The SMILES string of the molecule is OC1CNCC1CNC1CCCC1c1ccccc1. The largest absolute Gasteiger partial charge is 0.391 e. The minimum atomic E-state index is -0.177. The number of nitrogens with one attached hydrogen (secondary N) is 2. The van der Waals surface area contributed by atoms with Crippen LogP contribution in [-0.4, -0.2) is 36.9 Å². The van der Waals surface area contributed by atoms with Crippen molar-refractivity contribution in [2.24, 2.45) is 5.92 Å². The van der Waals surface area contributed by atoms with E-state index in [1.807, 2.05) is 0 Å². The molecule has 0 amide bonds. The molecule has 3 heteroatoms. The summed E-state index contributed by atoms with van der Waals surface area (Å²) in [4.78, 5) is 0. The molecule has 1 saturated heterocycles. The van der Waals surface area contributed by atoms with Gasteiger partial charge in [0, 0.05) is 31.6 Å². The molecule has 0 aromatic heterocycles. The molecule has 1 aromatic rings. The van der Waals surface area contributed by atoms with Crippen LogP contribution in [0.1, 0.15) is 30.7 Å². The van der Waals surface area contributed by atoms with Crippen LogP contribution in [0.5, 0.6) is 0 Å². The van der Waals surface area contributed by atoms with Crippen molar-refractivity contribution >= 4 is 0 Å².